The summed E-state index contributed by atoms with van der Waals surface area (Å²) in [4.78, 5) is 16.6. The van der Waals surface area contributed by atoms with Crippen molar-refractivity contribution in [3.8, 4) is 11.5 Å². The summed E-state index contributed by atoms with van der Waals surface area (Å²) in [5.74, 6) is 0.427. The van der Waals surface area contributed by atoms with Crippen molar-refractivity contribution in [3.63, 3.8) is 0 Å². The van der Waals surface area contributed by atoms with E-state index in [4.69, 9.17) is 4.42 Å². The molecule has 23 heavy (non-hydrogen) atoms. The first-order chi connectivity index (χ1) is 11.1. The third-order valence-electron chi connectivity index (χ3n) is 3.66. The van der Waals surface area contributed by atoms with Crippen LogP contribution >= 0.6 is 0 Å². The number of carbonyl (C=O) groups excluding carboxylic acids is 1. The molecule has 116 valence electrons. The van der Waals surface area contributed by atoms with Gasteiger partial charge in [0.1, 0.15) is 6.26 Å². The number of anilines is 1. The first kappa shape index (κ1) is 15.0. The zero-order valence-electron chi connectivity index (χ0n) is 13.2. The number of hydrogen-bond acceptors (Lipinski definition) is 3. The summed E-state index contributed by atoms with van der Waals surface area (Å²) in [6.45, 7) is 3.96. The second-order valence-electron chi connectivity index (χ2n) is 5.50. The number of hydrogen-bond donors (Lipinski definition) is 1. The summed E-state index contributed by atoms with van der Waals surface area (Å²) in [5.41, 5.74) is 4.47. The fourth-order valence-corrected chi connectivity index (χ4v) is 2.46. The molecule has 0 aliphatic rings. The molecule has 0 unspecified atom stereocenters. The third kappa shape index (κ3) is 3.48. The Hall–Kier alpha value is -2.88. The molecular weight excluding hydrogens is 288 g/mol. The molecule has 0 radical (unpaired) electrons. The predicted octanol–water partition coefficient (Wildman–Crippen LogP) is 4.14. The molecule has 0 fully saturated rings. The Morgan fingerprint density at radius 3 is 2.43 bits per heavy atom. The Labute approximate surface area is 135 Å². The van der Waals surface area contributed by atoms with Crippen molar-refractivity contribution in [3.05, 3.63) is 71.6 Å². The van der Waals surface area contributed by atoms with E-state index in [1.165, 1.54) is 6.26 Å². The van der Waals surface area contributed by atoms with Gasteiger partial charge in [-0.1, -0.05) is 36.4 Å². The Morgan fingerprint density at radius 2 is 1.74 bits per heavy atom. The molecule has 1 amide bonds. The van der Waals surface area contributed by atoms with E-state index in [0.29, 0.717) is 11.6 Å². The van der Waals surface area contributed by atoms with Gasteiger partial charge in [-0.2, -0.15) is 0 Å². The van der Waals surface area contributed by atoms with Crippen LogP contribution in [0.2, 0.25) is 0 Å². The minimum Gasteiger partial charge on any atom is -0.444 e. The molecule has 0 spiro atoms. The molecule has 3 aromatic rings. The summed E-state index contributed by atoms with van der Waals surface area (Å²) in [6, 6.07) is 15.6. The van der Waals surface area contributed by atoms with Gasteiger partial charge in [0.05, 0.1) is 12.1 Å². The summed E-state index contributed by atoms with van der Waals surface area (Å²) < 4.78 is 5.46. The van der Waals surface area contributed by atoms with Crippen molar-refractivity contribution in [1.82, 2.24) is 4.98 Å². The number of aromatic nitrogens is 1. The molecule has 0 saturated carbocycles. The molecule has 0 aliphatic carbocycles. The lowest BCUT2D eigenvalue weighted by Crippen LogP contribution is -2.16. The smallest absolute Gasteiger partial charge is 0.230 e. The minimum atomic E-state index is -0.102. The number of amides is 1. The highest BCUT2D eigenvalue weighted by Crippen LogP contribution is 2.21. The monoisotopic (exact) mass is 306 g/mol. The van der Waals surface area contributed by atoms with Crippen LogP contribution in [-0.2, 0) is 11.2 Å². The molecule has 0 saturated heterocycles. The maximum atomic E-state index is 12.2. The van der Waals surface area contributed by atoms with Crippen LogP contribution in [0.1, 0.15) is 16.8 Å². The van der Waals surface area contributed by atoms with Gasteiger partial charge in [0, 0.05) is 11.3 Å². The van der Waals surface area contributed by atoms with Crippen LogP contribution in [0.15, 0.2) is 59.2 Å². The van der Waals surface area contributed by atoms with E-state index in [9.17, 15) is 4.79 Å². The lowest BCUT2D eigenvalue weighted by atomic mass is 10.1. The van der Waals surface area contributed by atoms with E-state index in [-0.39, 0.29) is 12.3 Å². The third-order valence-corrected chi connectivity index (χ3v) is 3.66. The number of para-hydroxylation sites is 1. The summed E-state index contributed by atoms with van der Waals surface area (Å²) in [5, 5.41) is 2.96. The van der Waals surface area contributed by atoms with Gasteiger partial charge in [-0.25, -0.2) is 4.98 Å². The van der Waals surface area contributed by atoms with Gasteiger partial charge in [0.2, 0.25) is 11.8 Å². The van der Waals surface area contributed by atoms with Crippen molar-refractivity contribution in [2.75, 3.05) is 5.32 Å². The van der Waals surface area contributed by atoms with Crippen molar-refractivity contribution < 1.29 is 9.21 Å². The average Bonchev–Trinajstić information content (AvgIpc) is 3.00. The van der Waals surface area contributed by atoms with Gasteiger partial charge in [0.25, 0.3) is 0 Å². The number of carbonyl (C=O) groups is 1. The zero-order valence-corrected chi connectivity index (χ0v) is 13.2. The van der Waals surface area contributed by atoms with Gasteiger partial charge in [-0.15, -0.1) is 0 Å². The number of aryl methyl sites for hydroxylation is 2. The minimum absolute atomic E-state index is 0.102. The average molecular weight is 306 g/mol. The topological polar surface area (TPSA) is 55.1 Å². The fourth-order valence-electron chi connectivity index (χ4n) is 2.46. The lowest BCUT2D eigenvalue weighted by Gasteiger charge is -2.10. The Morgan fingerprint density at radius 1 is 1.04 bits per heavy atom. The first-order valence-corrected chi connectivity index (χ1v) is 7.49. The molecule has 1 N–H and O–H groups in total. The molecule has 4 heteroatoms. The van der Waals surface area contributed by atoms with Crippen LogP contribution in [-0.4, -0.2) is 10.9 Å². The molecule has 3 rings (SSSR count). The van der Waals surface area contributed by atoms with Crippen LogP contribution in [0.5, 0.6) is 0 Å². The van der Waals surface area contributed by atoms with E-state index in [2.05, 4.69) is 10.3 Å². The van der Waals surface area contributed by atoms with Crippen LogP contribution in [0, 0.1) is 13.8 Å². The number of nitrogens with one attached hydrogen (secondary N) is 1. The number of oxazole rings is 1. The molecule has 1 heterocycles. The molecule has 2 aromatic carbocycles. The molecule has 1 aromatic heterocycles. The highest BCUT2D eigenvalue weighted by molar-refractivity contribution is 5.93. The van der Waals surface area contributed by atoms with Gasteiger partial charge in [0.15, 0.2) is 0 Å². The maximum Gasteiger partial charge on any atom is 0.230 e. The maximum absolute atomic E-state index is 12.2. The molecule has 4 nitrogen and oxygen atoms in total. The van der Waals surface area contributed by atoms with E-state index < -0.39 is 0 Å². The van der Waals surface area contributed by atoms with Gasteiger partial charge < -0.3 is 9.73 Å². The van der Waals surface area contributed by atoms with E-state index in [1.807, 2.05) is 62.4 Å². The predicted molar refractivity (Wildman–Crippen MR) is 90.2 cm³/mol. The number of rotatable bonds is 4. The molecule has 0 aliphatic heterocycles. The van der Waals surface area contributed by atoms with Crippen molar-refractivity contribution in [2.24, 2.45) is 0 Å². The normalized spacial score (nSPS) is 10.5. The Balaban J connectivity index is 1.70. The van der Waals surface area contributed by atoms with Gasteiger partial charge >= 0.3 is 0 Å². The first-order valence-electron chi connectivity index (χ1n) is 7.49. The fraction of sp³-hybridized carbons (Fsp3) is 0.158. The van der Waals surface area contributed by atoms with E-state index >= 15 is 0 Å². The van der Waals surface area contributed by atoms with Crippen molar-refractivity contribution >= 4 is 11.6 Å². The highest BCUT2D eigenvalue weighted by atomic mass is 16.3. The SMILES string of the molecule is Cc1cccc(C)c1NC(=O)Cc1coc(-c2ccccc2)n1. The molecular formula is C19H18N2O2. The highest BCUT2D eigenvalue weighted by Gasteiger charge is 2.12. The zero-order chi connectivity index (χ0) is 16.2. The van der Waals surface area contributed by atoms with E-state index in [1.54, 1.807) is 0 Å². The second kappa shape index (κ2) is 6.48. The van der Waals surface area contributed by atoms with Gasteiger partial charge in [-0.05, 0) is 37.1 Å². The van der Waals surface area contributed by atoms with Crippen molar-refractivity contribution in [1.29, 1.82) is 0 Å². The van der Waals surface area contributed by atoms with Crippen LogP contribution in [0.3, 0.4) is 0 Å². The van der Waals surface area contributed by atoms with Crippen LogP contribution in [0.25, 0.3) is 11.5 Å². The summed E-state index contributed by atoms with van der Waals surface area (Å²) in [7, 11) is 0. The second-order valence-corrected chi connectivity index (χ2v) is 5.50. The van der Waals surface area contributed by atoms with Crippen LogP contribution < -0.4 is 5.32 Å². The number of nitrogens with zero attached hydrogens (tertiary/aromatic N) is 1. The Bertz CT molecular complexity index is 802. The summed E-state index contributed by atoms with van der Waals surface area (Å²) >= 11 is 0. The standard InChI is InChI=1S/C19H18N2O2/c1-13-7-6-8-14(2)18(13)21-17(22)11-16-12-23-19(20-16)15-9-4-3-5-10-15/h3-10,12H,11H2,1-2H3,(H,21,22). The Kier molecular flexibility index (Phi) is 4.24. The quantitative estimate of drug-likeness (QED) is 0.788. The van der Waals surface area contributed by atoms with E-state index in [0.717, 1.165) is 22.4 Å². The molecule has 0 atom stereocenters. The van der Waals surface area contributed by atoms with Gasteiger partial charge in [-0.3, -0.25) is 4.79 Å². The van der Waals surface area contributed by atoms with Crippen molar-refractivity contribution in [2.45, 2.75) is 20.3 Å². The molecule has 0 bridgehead atoms. The lowest BCUT2D eigenvalue weighted by molar-refractivity contribution is -0.115. The number of benzene rings is 2. The summed E-state index contributed by atoms with van der Waals surface area (Å²) in [6.07, 6.45) is 1.72. The van der Waals surface area contributed by atoms with Crippen LogP contribution in [0.4, 0.5) is 5.69 Å². The largest absolute Gasteiger partial charge is 0.444 e.